The molecule has 0 aromatic heterocycles. The van der Waals surface area contributed by atoms with Gasteiger partial charge in [0.25, 0.3) is 0 Å². The van der Waals surface area contributed by atoms with Crippen LogP contribution >= 0.6 is 0 Å². The third-order valence-corrected chi connectivity index (χ3v) is 3.87. The average Bonchev–Trinajstić information content (AvgIpc) is 2.54. The van der Waals surface area contributed by atoms with Gasteiger partial charge in [-0.2, -0.15) is 0 Å². The fraction of sp³-hybridized carbons (Fsp3) is 0.636. The van der Waals surface area contributed by atoms with Crippen LogP contribution < -0.4 is 0 Å². The summed E-state index contributed by atoms with van der Waals surface area (Å²) in [7, 11) is 0. The molecular formula is C22H38. The first kappa shape index (κ1) is 21.0. The Morgan fingerprint density at radius 2 is 1.09 bits per heavy atom. The van der Waals surface area contributed by atoms with Crippen molar-refractivity contribution < 1.29 is 0 Å². The molecule has 22 heavy (non-hydrogen) atoms. The second-order valence-electron chi connectivity index (χ2n) is 6.05. The molecule has 0 atom stereocenters. The summed E-state index contributed by atoms with van der Waals surface area (Å²) in [6, 6.07) is 0. The van der Waals surface area contributed by atoms with Gasteiger partial charge in [0.05, 0.1) is 0 Å². The second-order valence-corrected chi connectivity index (χ2v) is 6.05. The van der Waals surface area contributed by atoms with Crippen LogP contribution in [-0.2, 0) is 0 Å². The van der Waals surface area contributed by atoms with Gasteiger partial charge in [0.2, 0.25) is 0 Å². The molecule has 0 saturated carbocycles. The van der Waals surface area contributed by atoms with Crippen molar-refractivity contribution in [2.24, 2.45) is 0 Å². The van der Waals surface area contributed by atoms with Gasteiger partial charge < -0.3 is 0 Å². The molecule has 0 unspecified atom stereocenters. The SMILES string of the molecule is C=CC=CCC=CCC=CCCCCCCCCCCCC. The zero-order chi connectivity index (χ0) is 16.1. The van der Waals surface area contributed by atoms with Crippen molar-refractivity contribution in [3.8, 4) is 0 Å². The van der Waals surface area contributed by atoms with Crippen molar-refractivity contribution in [2.45, 2.75) is 90.4 Å². The lowest BCUT2D eigenvalue weighted by Crippen LogP contribution is -1.81. The van der Waals surface area contributed by atoms with Gasteiger partial charge in [-0.3, -0.25) is 0 Å². The smallest absolute Gasteiger partial charge is 0.0166 e. The molecule has 0 aromatic rings. The van der Waals surface area contributed by atoms with Crippen molar-refractivity contribution >= 4 is 0 Å². The normalized spacial score (nSPS) is 12.0. The molecular weight excluding hydrogens is 264 g/mol. The van der Waals surface area contributed by atoms with Gasteiger partial charge >= 0.3 is 0 Å². The van der Waals surface area contributed by atoms with Crippen LogP contribution in [0.25, 0.3) is 0 Å². The first-order valence-corrected chi connectivity index (χ1v) is 9.49. The fourth-order valence-electron chi connectivity index (χ4n) is 2.49. The van der Waals surface area contributed by atoms with Crippen LogP contribution in [0.3, 0.4) is 0 Å². The average molecular weight is 303 g/mol. The maximum Gasteiger partial charge on any atom is -0.0166 e. The molecule has 0 heteroatoms. The van der Waals surface area contributed by atoms with E-state index in [9.17, 15) is 0 Å². The molecule has 0 fully saturated rings. The molecule has 0 aromatic carbocycles. The topological polar surface area (TPSA) is 0 Å². The Balaban J connectivity index is 3.17. The van der Waals surface area contributed by atoms with Crippen molar-refractivity contribution in [2.75, 3.05) is 0 Å². The van der Waals surface area contributed by atoms with E-state index in [0.29, 0.717) is 0 Å². The van der Waals surface area contributed by atoms with E-state index in [1.54, 1.807) is 0 Å². The van der Waals surface area contributed by atoms with Crippen molar-refractivity contribution in [1.29, 1.82) is 0 Å². The lowest BCUT2D eigenvalue weighted by molar-refractivity contribution is 0.557. The van der Waals surface area contributed by atoms with Crippen LogP contribution in [0.15, 0.2) is 49.1 Å². The highest BCUT2D eigenvalue weighted by atomic mass is 14.0. The minimum atomic E-state index is 1.01. The molecule has 0 radical (unpaired) electrons. The molecule has 0 heterocycles. The Hall–Kier alpha value is -1.04. The number of rotatable bonds is 16. The summed E-state index contributed by atoms with van der Waals surface area (Å²) in [5.41, 5.74) is 0. The van der Waals surface area contributed by atoms with Gasteiger partial charge in [-0.25, -0.2) is 0 Å². The van der Waals surface area contributed by atoms with Crippen LogP contribution in [-0.4, -0.2) is 0 Å². The number of hydrogen-bond donors (Lipinski definition) is 0. The van der Waals surface area contributed by atoms with E-state index in [1.165, 1.54) is 70.6 Å². The van der Waals surface area contributed by atoms with Gasteiger partial charge in [0.1, 0.15) is 0 Å². The largest absolute Gasteiger partial charge is 0.0991 e. The highest BCUT2D eigenvalue weighted by Gasteiger charge is 1.91. The molecule has 0 saturated heterocycles. The van der Waals surface area contributed by atoms with Gasteiger partial charge in [0.15, 0.2) is 0 Å². The van der Waals surface area contributed by atoms with Crippen molar-refractivity contribution in [1.82, 2.24) is 0 Å². The number of allylic oxidation sites excluding steroid dienone is 7. The highest BCUT2D eigenvalue weighted by molar-refractivity contribution is 5.02. The lowest BCUT2D eigenvalue weighted by Gasteiger charge is -2.01. The molecule has 0 amide bonds. The van der Waals surface area contributed by atoms with Crippen LogP contribution in [0, 0.1) is 0 Å². The quantitative estimate of drug-likeness (QED) is 0.154. The fourth-order valence-corrected chi connectivity index (χ4v) is 2.49. The van der Waals surface area contributed by atoms with Crippen LogP contribution in [0.1, 0.15) is 90.4 Å². The number of hydrogen-bond acceptors (Lipinski definition) is 0. The van der Waals surface area contributed by atoms with E-state index in [1.807, 2.05) is 12.2 Å². The molecule has 0 aliphatic carbocycles. The van der Waals surface area contributed by atoms with E-state index in [-0.39, 0.29) is 0 Å². The van der Waals surface area contributed by atoms with Gasteiger partial charge in [-0.15, -0.1) is 0 Å². The summed E-state index contributed by atoms with van der Waals surface area (Å²) in [6.45, 7) is 5.94. The van der Waals surface area contributed by atoms with Crippen molar-refractivity contribution in [3.63, 3.8) is 0 Å². The van der Waals surface area contributed by atoms with Crippen LogP contribution in [0.4, 0.5) is 0 Å². The summed E-state index contributed by atoms with van der Waals surface area (Å²) >= 11 is 0. The second kappa shape index (κ2) is 20.0. The van der Waals surface area contributed by atoms with E-state index < -0.39 is 0 Å². The minimum Gasteiger partial charge on any atom is -0.0991 e. The standard InChI is InChI=1S/C22H38/c1-3-5-7-9-11-13-15-17-19-21-22-20-18-16-14-12-10-8-6-4-2/h3,5,7,11,13,17,19H,1,4,6,8-10,12,14-16,18,20-22H2,2H3. The van der Waals surface area contributed by atoms with Crippen LogP contribution in [0.5, 0.6) is 0 Å². The molecule has 0 nitrogen and oxygen atoms in total. The summed E-state index contributed by atoms with van der Waals surface area (Å²) in [6.07, 6.45) is 32.6. The molecule has 0 aliphatic heterocycles. The van der Waals surface area contributed by atoms with Gasteiger partial charge in [0, 0.05) is 0 Å². The minimum absolute atomic E-state index is 1.01. The zero-order valence-electron chi connectivity index (χ0n) is 14.9. The van der Waals surface area contributed by atoms with Crippen molar-refractivity contribution in [3.05, 3.63) is 49.1 Å². The first-order chi connectivity index (χ1) is 10.9. The summed E-state index contributed by atoms with van der Waals surface area (Å²) < 4.78 is 0. The van der Waals surface area contributed by atoms with E-state index in [4.69, 9.17) is 0 Å². The Morgan fingerprint density at radius 3 is 1.68 bits per heavy atom. The summed E-state index contributed by atoms with van der Waals surface area (Å²) in [5, 5.41) is 0. The third kappa shape index (κ3) is 19.0. The molecule has 126 valence electrons. The predicted octanol–water partition coefficient (Wildman–Crippen LogP) is 7.93. The van der Waals surface area contributed by atoms with Crippen LogP contribution in [0.2, 0.25) is 0 Å². The molecule has 0 bridgehead atoms. The molecule has 0 rings (SSSR count). The lowest BCUT2D eigenvalue weighted by atomic mass is 10.1. The highest BCUT2D eigenvalue weighted by Crippen LogP contribution is 2.11. The Labute approximate surface area is 140 Å². The van der Waals surface area contributed by atoms with E-state index in [0.717, 1.165) is 12.8 Å². The maximum absolute atomic E-state index is 3.65. The Bertz CT molecular complexity index is 293. The monoisotopic (exact) mass is 302 g/mol. The predicted molar refractivity (Wildman–Crippen MR) is 103 cm³/mol. The summed E-state index contributed by atoms with van der Waals surface area (Å²) in [4.78, 5) is 0. The Morgan fingerprint density at radius 1 is 0.591 bits per heavy atom. The Kier molecular flexibility index (Phi) is 19.0. The van der Waals surface area contributed by atoms with E-state index in [2.05, 4.69) is 43.9 Å². The molecule has 0 spiro atoms. The first-order valence-electron chi connectivity index (χ1n) is 9.49. The summed E-state index contributed by atoms with van der Waals surface area (Å²) in [5.74, 6) is 0. The third-order valence-electron chi connectivity index (χ3n) is 3.87. The van der Waals surface area contributed by atoms with Gasteiger partial charge in [-0.1, -0.05) is 114 Å². The number of unbranched alkanes of at least 4 members (excludes halogenated alkanes) is 10. The maximum atomic E-state index is 3.65. The van der Waals surface area contributed by atoms with Gasteiger partial charge in [-0.05, 0) is 25.7 Å². The molecule has 0 aliphatic rings. The van der Waals surface area contributed by atoms with E-state index >= 15 is 0 Å². The molecule has 0 N–H and O–H groups in total. The zero-order valence-corrected chi connectivity index (χ0v) is 14.9.